The van der Waals surface area contributed by atoms with Crippen LogP contribution in [0.4, 0.5) is 5.69 Å². The Hall–Kier alpha value is -2.31. The summed E-state index contributed by atoms with van der Waals surface area (Å²) in [5, 5.41) is 11.9. The minimum Gasteiger partial charge on any atom is -0.496 e. The van der Waals surface area contributed by atoms with Crippen LogP contribution in [0.25, 0.3) is 0 Å². The summed E-state index contributed by atoms with van der Waals surface area (Å²) in [4.78, 5) is 24.4. The summed E-state index contributed by atoms with van der Waals surface area (Å²) in [5.74, 6) is 0.0471. The van der Waals surface area contributed by atoms with E-state index in [0.717, 1.165) is 0 Å². The SMILES string of the molecule is COc1ccc(Cl)cc1CN(C)C(=O)c1cc(Cl)ccc1[N+](=O)[O-]. The second-order valence-corrected chi connectivity index (χ2v) is 5.91. The topological polar surface area (TPSA) is 72.7 Å². The molecule has 0 saturated heterocycles. The molecule has 2 rings (SSSR count). The van der Waals surface area contributed by atoms with E-state index in [1.807, 2.05) is 0 Å². The average molecular weight is 369 g/mol. The Kier molecular flexibility index (Phi) is 5.64. The number of benzene rings is 2. The first-order valence-corrected chi connectivity index (χ1v) is 7.61. The quantitative estimate of drug-likeness (QED) is 0.585. The van der Waals surface area contributed by atoms with Crippen LogP contribution in [0.15, 0.2) is 36.4 Å². The maximum atomic E-state index is 12.6. The lowest BCUT2D eigenvalue weighted by molar-refractivity contribution is -0.385. The largest absolute Gasteiger partial charge is 0.496 e. The van der Waals surface area contributed by atoms with Crippen LogP contribution < -0.4 is 4.74 Å². The summed E-state index contributed by atoms with van der Waals surface area (Å²) in [6, 6.07) is 8.91. The lowest BCUT2D eigenvalue weighted by Gasteiger charge is -2.19. The maximum Gasteiger partial charge on any atom is 0.282 e. The lowest BCUT2D eigenvalue weighted by atomic mass is 10.1. The summed E-state index contributed by atoms with van der Waals surface area (Å²) in [7, 11) is 3.05. The number of methoxy groups -OCH3 is 1. The van der Waals surface area contributed by atoms with E-state index in [-0.39, 0.29) is 22.8 Å². The standard InChI is InChI=1S/C16H14Cl2N2O4/c1-19(9-10-7-11(17)4-6-15(10)24-2)16(21)13-8-12(18)3-5-14(13)20(22)23/h3-8H,9H2,1-2H3. The molecule has 2 aromatic rings. The fraction of sp³-hybridized carbons (Fsp3) is 0.188. The summed E-state index contributed by atoms with van der Waals surface area (Å²) < 4.78 is 5.24. The van der Waals surface area contributed by atoms with E-state index in [4.69, 9.17) is 27.9 Å². The van der Waals surface area contributed by atoms with Crippen molar-refractivity contribution < 1.29 is 14.5 Å². The van der Waals surface area contributed by atoms with Gasteiger partial charge in [-0.05, 0) is 30.3 Å². The number of nitro benzene ring substituents is 1. The molecule has 0 aromatic heterocycles. The Balaban J connectivity index is 2.33. The molecular formula is C16H14Cl2N2O4. The van der Waals surface area contributed by atoms with Gasteiger partial charge in [-0.3, -0.25) is 14.9 Å². The molecule has 2 aromatic carbocycles. The van der Waals surface area contributed by atoms with Gasteiger partial charge in [-0.25, -0.2) is 0 Å². The third-order valence-corrected chi connectivity index (χ3v) is 3.85. The van der Waals surface area contributed by atoms with Crippen molar-refractivity contribution in [3.63, 3.8) is 0 Å². The van der Waals surface area contributed by atoms with Crippen LogP contribution in [0.2, 0.25) is 10.0 Å². The zero-order valence-electron chi connectivity index (χ0n) is 13.0. The van der Waals surface area contributed by atoms with E-state index >= 15 is 0 Å². The third-order valence-electron chi connectivity index (χ3n) is 3.38. The highest BCUT2D eigenvalue weighted by atomic mass is 35.5. The summed E-state index contributed by atoms with van der Waals surface area (Å²) in [5.41, 5.74) is 0.316. The second-order valence-electron chi connectivity index (χ2n) is 5.04. The van der Waals surface area contributed by atoms with Gasteiger partial charge in [-0.2, -0.15) is 0 Å². The van der Waals surface area contributed by atoms with Crippen LogP contribution in [0.5, 0.6) is 5.75 Å². The molecule has 0 unspecified atom stereocenters. The molecule has 0 aliphatic heterocycles. The van der Waals surface area contributed by atoms with E-state index < -0.39 is 10.8 Å². The first-order chi connectivity index (χ1) is 11.3. The molecule has 0 saturated carbocycles. The second kappa shape index (κ2) is 7.51. The normalized spacial score (nSPS) is 10.3. The van der Waals surface area contributed by atoms with Gasteiger partial charge in [-0.1, -0.05) is 23.2 Å². The monoisotopic (exact) mass is 368 g/mol. The number of ether oxygens (including phenoxy) is 1. The van der Waals surface area contributed by atoms with Crippen molar-refractivity contribution in [2.45, 2.75) is 6.54 Å². The van der Waals surface area contributed by atoms with E-state index in [1.54, 1.807) is 18.2 Å². The molecule has 0 atom stereocenters. The van der Waals surface area contributed by atoms with Gasteiger partial charge < -0.3 is 9.64 Å². The number of rotatable bonds is 5. The summed E-state index contributed by atoms with van der Waals surface area (Å²) in [6.07, 6.45) is 0. The number of nitro groups is 1. The fourth-order valence-corrected chi connectivity index (χ4v) is 2.61. The molecule has 8 heteroatoms. The van der Waals surface area contributed by atoms with Gasteiger partial charge in [-0.15, -0.1) is 0 Å². The number of amides is 1. The molecule has 1 amide bonds. The fourth-order valence-electron chi connectivity index (χ4n) is 2.24. The average Bonchev–Trinajstić information content (AvgIpc) is 2.53. The maximum absolute atomic E-state index is 12.6. The Labute approximate surface area is 148 Å². The molecule has 0 heterocycles. The van der Waals surface area contributed by atoms with Crippen LogP contribution in [-0.4, -0.2) is 29.9 Å². The summed E-state index contributed by atoms with van der Waals surface area (Å²) in [6.45, 7) is 0.173. The van der Waals surface area contributed by atoms with E-state index in [2.05, 4.69) is 0 Å². The van der Waals surface area contributed by atoms with Gasteiger partial charge in [0.1, 0.15) is 11.3 Å². The highest BCUT2D eigenvalue weighted by Crippen LogP contribution is 2.27. The Morgan fingerprint density at radius 3 is 2.46 bits per heavy atom. The van der Waals surface area contributed by atoms with E-state index in [1.165, 1.54) is 37.3 Å². The minimum atomic E-state index is -0.614. The van der Waals surface area contributed by atoms with Gasteiger partial charge in [0.2, 0.25) is 0 Å². The zero-order valence-corrected chi connectivity index (χ0v) is 14.5. The molecule has 0 radical (unpaired) electrons. The molecule has 0 spiro atoms. The van der Waals surface area contributed by atoms with Crippen molar-refractivity contribution in [2.24, 2.45) is 0 Å². The van der Waals surface area contributed by atoms with Crippen molar-refractivity contribution >= 4 is 34.8 Å². The number of hydrogen-bond acceptors (Lipinski definition) is 4. The van der Waals surface area contributed by atoms with Crippen molar-refractivity contribution in [2.75, 3.05) is 14.2 Å². The molecule has 126 valence electrons. The van der Waals surface area contributed by atoms with Crippen LogP contribution in [0.1, 0.15) is 15.9 Å². The van der Waals surface area contributed by atoms with Crippen LogP contribution in [-0.2, 0) is 6.54 Å². The minimum absolute atomic E-state index is 0.0732. The van der Waals surface area contributed by atoms with Crippen LogP contribution in [0, 0.1) is 10.1 Å². The highest BCUT2D eigenvalue weighted by Gasteiger charge is 2.24. The van der Waals surface area contributed by atoms with Crippen LogP contribution >= 0.6 is 23.2 Å². The van der Waals surface area contributed by atoms with Gasteiger partial charge in [0, 0.05) is 35.3 Å². The van der Waals surface area contributed by atoms with Gasteiger partial charge >= 0.3 is 0 Å². The highest BCUT2D eigenvalue weighted by molar-refractivity contribution is 6.31. The molecule has 24 heavy (non-hydrogen) atoms. The van der Waals surface area contributed by atoms with Gasteiger partial charge in [0.15, 0.2) is 0 Å². The van der Waals surface area contributed by atoms with Crippen molar-refractivity contribution in [3.8, 4) is 5.75 Å². The molecule has 0 fully saturated rings. The summed E-state index contributed by atoms with van der Waals surface area (Å²) >= 11 is 11.8. The molecule has 0 aliphatic rings. The Bertz CT molecular complexity index is 796. The van der Waals surface area contributed by atoms with E-state index in [0.29, 0.717) is 16.3 Å². The zero-order chi connectivity index (χ0) is 17.9. The number of halogens is 2. The predicted molar refractivity (Wildman–Crippen MR) is 91.9 cm³/mol. The van der Waals surface area contributed by atoms with Crippen molar-refractivity contribution in [1.82, 2.24) is 4.90 Å². The molecule has 0 bridgehead atoms. The molecule has 6 nitrogen and oxygen atoms in total. The van der Waals surface area contributed by atoms with E-state index in [9.17, 15) is 14.9 Å². The number of hydrogen-bond donors (Lipinski definition) is 0. The first-order valence-electron chi connectivity index (χ1n) is 6.85. The number of nitrogens with zero attached hydrogens (tertiary/aromatic N) is 2. The van der Waals surface area contributed by atoms with Crippen molar-refractivity contribution in [3.05, 3.63) is 67.7 Å². The molecular weight excluding hydrogens is 355 g/mol. The van der Waals surface area contributed by atoms with Crippen LogP contribution in [0.3, 0.4) is 0 Å². The first kappa shape index (κ1) is 18.0. The number of carbonyl (C=O) groups excluding carboxylic acids is 1. The molecule has 0 N–H and O–H groups in total. The third kappa shape index (κ3) is 3.96. The Morgan fingerprint density at radius 1 is 1.21 bits per heavy atom. The predicted octanol–water partition coefficient (Wildman–Crippen LogP) is 4.18. The van der Waals surface area contributed by atoms with Gasteiger partial charge in [0.25, 0.3) is 11.6 Å². The van der Waals surface area contributed by atoms with Gasteiger partial charge in [0.05, 0.1) is 12.0 Å². The lowest BCUT2D eigenvalue weighted by Crippen LogP contribution is -2.27. The smallest absolute Gasteiger partial charge is 0.282 e. The number of carbonyl (C=O) groups is 1. The van der Waals surface area contributed by atoms with Crippen molar-refractivity contribution in [1.29, 1.82) is 0 Å². The molecule has 0 aliphatic carbocycles. The Morgan fingerprint density at radius 2 is 1.83 bits per heavy atom.